The predicted octanol–water partition coefficient (Wildman–Crippen LogP) is 2.63. The summed E-state index contributed by atoms with van der Waals surface area (Å²) in [5, 5.41) is 6.01. The molecule has 24 heavy (non-hydrogen) atoms. The molecule has 4 rings (SSSR count). The SMILES string of the molecule is Cc1c(C(=O)NCc2csc(N3CCCC3)n2)nc2ccccn12. The minimum Gasteiger partial charge on any atom is -0.348 e. The molecule has 3 aromatic heterocycles. The van der Waals surface area contributed by atoms with Gasteiger partial charge in [-0.05, 0) is 31.9 Å². The number of nitrogens with zero attached hydrogens (tertiary/aromatic N) is 4. The van der Waals surface area contributed by atoms with E-state index in [1.165, 1.54) is 12.8 Å². The fraction of sp³-hybridized carbons (Fsp3) is 0.353. The van der Waals surface area contributed by atoms with Crippen LogP contribution in [0.4, 0.5) is 5.13 Å². The first-order chi connectivity index (χ1) is 11.7. The van der Waals surface area contributed by atoms with Crippen LogP contribution in [0.25, 0.3) is 5.65 Å². The van der Waals surface area contributed by atoms with Gasteiger partial charge in [-0.1, -0.05) is 6.07 Å². The average molecular weight is 341 g/mol. The van der Waals surface area contributed by atoms with Crippen molar-refractivity contribution in [1.29, 1.82) is 0 Å². The Labute approximate surface area is 144 Å². The van der Waals surface area contributed by atoms with Gasteiger partial charge < -0.3 is 14.6 Å². The van der Waals surface area contributed by atoms with E-state index in [0.29, 0.717) is 12.2 Å². The van der Waals surface area contributed by atoms with Crippen molar-refractivity contribution in [2.75, 3.05) is 18.0 Å². The minimum absolute atomic E-state index is 0.160. The first-order valence-corrected chi connectivity index (χ1v) is 9.01. The molecule has 1 aliphatic heterocycles. The Morgan fingerprint density at radius 3 is 2.92 bits per heavy atom. The van der Waals surface area contributed by atoms with Crippen molar-refractivity contribution in [3.05, 3.63) is 46.9 Å². The Morgan fingerprint density at radius 2 is 2.12 bits per heavy atom. The molecule has 1 N–H and O–H groups in total. The molecule has 124 valence electrons. The number of hydrogen-bond donors (Lipinski definition) is 1. The normalized spacial score (nSPS) is 14.5. The molecule has 0 atom stereocenters. The molecular weight excluding hydrogens is 322 g/mol. The third-order valence-corrected chi connectivity index (χ3v) is 5.28. The number of aromatic nitrogens is 3. The average Bonchev–Trinajstić information content (AvgIpc) is 3.33. The maximum absolute atomic E-state index is 12.4. The van der Waals surface area contributed by atoms with Crippen molar-refractivity contribution in [2.45, 2.75) is 26.3 Å². The van der Waals surface area contributed by atoms with Gasteiger partial charge in [0, 0.05) is 24.7 Å². The van der Waals surface area contributed by atoms with E-state index >= 15 is 0 Å². The summed E-state index contributed by atoms with van der Waals surface area (Å²) < 4.78 is 1.92. The van der Waals surface area contributed by atoms with Crippen LogP contribution in [0.1, 0.15) is 34.7 Å². The van der Waals surface area contributed by atoms with Gasteiger partial charge in [-0.3, -0.25) is 4.79 Å². The Hall–Kier alpha value is -2.41. The van der Waals surface area contributed by atoms with Crippen molar-refractivity contribution >= 4 is 28.0 Å². The molecule has 4 heterocycles. The first kappa shape index (κ1) is 15.1. The van der Waals surface area contributed by atoms with Gasteiger partial charge in [0.1, 0.15) is 11.3 Å². The molecule has 1 saturated heterocycles. The number of carbonyl (C=O) groups is 1. The van der Waals surface area contributed by atoms with Gasteiger partial charge in [-0.25, -0.2) is 9.97 Å². The molecule has 0 radical (unpaired) electrons. The van der Waals surface area contributed by atoms with Gasteiger partial charge in [0.2, 0.25) is 0 Å². The molecule has 1 aliphatic rings. The Morgan fingerprint density at radius 1 is 1.29 bits per heavy atom. The number of fused-ring (bicyclic) bond motifs is 1. The zero-order valence-electron chi connectivity index (χ0n) is 13.5. The quantitative estimate of drug-likeness (QED) is 0.792. The summed E-state index contributed by atoms with van der Waals surface area (Å²) in [6, 6.07) is 5.74. The van der Waals surface area contributed by atoms with E-state index in [1.807, 2.05) is 41.1 Å². The lowest BCUT2D eigenvalue weighted by atomic mass is 10.3. The lowest BCUT2D eigenvalue weighted by molar-refractivity contribution is 0.0945. The molecule has 0 aliphatic carbocycles. The number of amides is 1. The summed E-state index contributed by atoms with van der Waals surface area (Å²) in [5.74, 6) is -0.160. The number of aryl methyl sites for hydroxylation is 1. The van der Waals surface area contributed by atoms with Gasteiger partial charge in [-0.15, -0.1) is 11.3 Å². The first-order valence-electron chi connectivity index (χ1n) is 8.13. The van der Waals surface area contributed by atoms with Crippen LogP contribution in [0.3, 0.4) is 0 Å². The van der Waals surface area contributed by atoms with Crippen molar-refractivity contribution in [1.82, 2.24) is 19.7 Å². The lowest BCUT2D eigenvalue weighted by Gasteiger charge is -2.12. The Bertz CT molecular complexity index is 878. The molecule has 0 bridgehead atoms. The van der Waals surface area contributed by atoms with Crippen LogP contribution in [0.5, 0.6) is 0 Å². The van der Waals surface area contributed by atoms with Gasteiger partial charge in [0.05, 0.1) is 17.9 Å². The maximum atomic E-state index is 12.4. The highest BCUT2D eigenvalue weighted by Gasteiger charge is 2.18. The fourth-order valence-corrected chi connectivity index (χ4v) is 3.90. The molecule has 7 heteroatoms. The summed E-state index contributed by atoms with van der Waals surface area (Å²) in [7, 11) is 0. The highest BCUT2D eigenvalue weighted by Crippen LogP contribution is 2.24. The van der Waals surface area contributed by atoms with Crippen LogP contribution in [0, 0.1) is 6.92 Å². The molecule has 0 unspecified atom stereocenters. The molecule has 1 fully saturated rings. The van der Waals surface area contributed by atoms with E-state index in [2.05, 4.69) is 20.2 Å². The molecule has 0 spiro atoms. The van der Waals surface area contributed by atoms with E-state index < -0.39 is 0 Å². The number of anilines is 1. The Kier molecular flexibility index (Phi) is 3.93. The summed E-state index contributed by atoms with van der Waals surface area (Å²) >= 11 is 1.65. The molecule has 0 aromatic carbocycles. The van der Waals surface area contributed by atoms with Crippen LogP contribution in [0.2, 0.25) is 0 Å². The van der Waals surface area contributed by atoms with Crippen molar-refractivity contribution in [2.24, 2.45) is 0 Å². The van der Waals surface area contributed by atoms with Crippen LogP contribution in [0.15, 0.2) is 29.8 Å². The molecule has 1 amide bonds. The van der Waals surface area contributed by atoms with Crippen molar-refractivity contribution in [3.8, 4) is 0 Å². The number of imidazole rings is 1. The van der Waals surface area contributed by atoms with Gasteiger partial charge in [-0.2, -0.15) is 0 Å². The number of carbonyl (C=O) groups excluding carboxylic acids is 1. The number of rotatable bonds is 4. The second kappa shape index (κ2) is 6.24. The second-order valence-electron chi connectivity index (χ2n) is 5.97. The molecule has 3 aromatic rings. The van der Waals surface area contributed by atoms with Crippen LogP contribution in [-0.4, -0.2) is 33.4 Å². The van der Waals surface area contributed by atoms with E-state index in [9.17, 15) is 4.79 Å². The number of pyridine rings is 1. The van der Waals surface area contributed by atoms with E-state index in [-0.39, 0.29) is 5.91 Å². The fourth-order valence-electron chi connectivity index (χ4n) is 3.02. The number of hydrogen-bond acceptors (Lipinski definition) is 5. The topological polar surface area (TPSA) is 62.5 Å². The standard InChI is InChI=1S/C17H19N5OS/c1-12-15(20-14-6-2-3-9-22(12)14)16(23)18-10-13-11-24-17(19-13)21-7-4-5-8-21/h2-3,6,9,11H,4-5,7-8,10H2,1H3,(H,18,23). The predicted molar refractivity (Wildman–Crippen MR) is 94.7 cm³/mol. The monoisotopic (exact) mass is 341 g/mol. The van der Waals surface area contributed by atoms with Crippen LogP contribution >= 0.6 is 11.3 Å². The molecular formula is C17H19N5OS. The molecule has 0 saturated carbocycles. The van der Waals surface area contributed by atoms with Crippen LogP contribution in [-0.2, 0) is 6.54 Å². The Balaban J connectivity index is 1.45. The summed E-state index contributed by atoms with van der Waals surface area (Å²) in [6.07, 6.45) is 4.38. The summed E-state index contributed by atoms with van der Waals surface area (Å²) in [5.41, 5.74) is 3.00. The number of thiazole rings is 1. The smallest absolute Gasteiger partial charge is 0.272 e. The zero-order chi connectivity index (χ0) is 16.5. The minimum atomic E-state index is -0.160. The summed E-state index contributed by atoms with van der Waals surface area (Å²) in [6.45, 7) is 4.50. The highest BCUT2D eigenvalue weighted by atomic mass is 32.1. The van der Waals surface area contributed by atoms with Crippen LogP contribution < -0.4 is 10.2 Å². The second-order valence-corrected chi connectivity index (χ2v) is 6.81. The van der Waals surface area contributed by atoms with E-state index in [4.69, 9.17) is 0 Å². The van der Waals surface area contributed by atoms with Crippen molar-refractivity contribution < 1.29 is 4.79 Å². The third-order valence-electron chi connectivity index (χ3n) is 4.33. The number of nitrogens with one attached hydrogen (secondary N) is 1. The van der Waals surface area contributed by atoms with Gasteiger partial charge in [0.25, 0.3) is 5.91 Å². The molecule has 6 nitrogen and oxygen atoms in total. The van der Waals surface area contributed by atoms with Gasteiger partial charge >= 0.3 is 0 Å². The van der Waals surface area contributed by atoms with E-state index in [1.54, 1.807) is 11.3 Å². The van der Waals surface area contributed by atoms with E-state index in [0.717, 1.165) is 35.3 Å². The largest absolute Gasteiger partial charge is 0.348 e. The highest BCUT2D eigenvalue weighted by molar-refractivity contribution is 7.13. The van der Waals surface area contributed by atoms with Gasteiger partial charge in [0.15, 0.2) is 5.13 Å². The third kappa shape index (κ3) is 2.75. The van der Waals surface area contributed by atoms with Crippen molar-refractivity contribution in [3.63, 3.8) is 0 Å². The zero-order valence-corrected chi connectivity index (χ0v) is 14.3. The maximum Gasteiger partial charge on any atom is 0.272 e. The summed E-state index contributed by atoms with van der Waals surface area (Å²) in [4.78, 5) is 23.8. The lowest BCUT2D eigenvalue weighted by Crippen LogP contribution is -2.24.